The molecule has 2 aromatic rings. The van der Waals surface area contributed by atoms with Gasteiger partial charge in [0, 0.05) is 6.20 Å². The van der Waals surface area contributed by atoms with Crippen LogP contribution in [0, 0.1) is 5.82 Å². The molecule has 0 aliphatic rings. The van der Waals surface area contributed by atoms with E-state index in [4.69, 9.17) is 17.3 Å². The molecule has 2 rings (SSSR count). The Labute approximate surface area is 107 Å². The molecule has 7 heteroatoms. The van der Waals surface area contributed by atoms with Crippen molar-refractivity contribution in [2.75, 3.05) is 11.1 Å². The molecule has 0 spiro atoms. The number of halogens is 2. The Morgan fingerprint density at radius 2 is 2.17 bits per heavy atom. The molecule has 0 saturated heterocycles. The maximum absolute atomic E-state index is 13.3. The van der Waals surface area contributed by atoms with E-state index in [2.05, 4.69) is 15.3 Å². The topological polar surface area (TPSA) is 80.9 Å². The summed E-state index contributed by atoms with van der Waals surface area (Å²) < 4.78 is 13.3. The van der Waals surface area contributed by atoms with Gasteiger partial charge in [-0.25, -0.2) is 9.37 Å². The van der Waals surface area contributed by atoms with E-state index < -0.39 is 11.7 Å². The molecule has 92 valence electrons. The first-order valence-electron chi connectivity index (χ1n) is 4.91. The number of nitrogens with one attached hydrogen (secondary N) is 1. The van der Waals surface area contributed by atoms with Crippen molar-refractivity contribution in [3.05, 3.63) is 47.1 Å². The van der Waals surface area contributed by atoms with Crippen LogP contribution in [0.25, 0.3) is 0 Å². The number of rotatable bonds is 2. The van der Waals surface area contributed by atoms with Gasteiger partial charge in [0.05, 0.1) is 16.9 Å². The van der Waals surface area contributed by atoms with Gasteiger partial charge >= 0.3 is 0 Å². The molecule has 1 amide bonds. The van der Waals surface area contributed by atoms with Gasteiger partial charge in [0.25, 0.3) is 5.91 Å². The second kappa shape index (κ2) is 4.97. The molecule has 0 aromatic carbocycles. The first-order chi connectivity index (χ1) is 8.58. The average Bonchev–Trinajstić information content (AvgIpc) is 2.35. The molecule has 5 nitrogen and oxygen atoms in total. The summed E-state index contributed by atoms with van der Waals surface area (Å²) in [6, 6.07) is 4.24. The van der Waals surface area contributed by atoms with E-state index in [-0.39, 0.29) is 22.2 Å². The first-order valence-corrected chi connectivity index (χ1v) is 5.28. The summed E-state index contributed by atoms with van der Waals surface area (Å²) >= 11 is 5.81. The SMILES string of the molecule is Nc1ccc(Cl)c(C(=O)Nc2ccncc2F)n1. The molecule has 0 radical (unpaired) electrons. The highest BCUT2D eigenvalue weighted by Crippen LogP contribution is 2.18. The molecule has 0 aliphatic heterocycles. The third-order valence-electron chi connectivity index (χ3n) is 2.10. The van der Waals surface area contributed by atoms with Crippen LogP contribution in [-0.2, 0) is 0 Å². The summed E-state index contributed by atoms with van der Waals surface area (Å²) in [7, 11) is 0. The molecule has 2 aromatic heterocycles. The molecule has 0 bridgehead atoms. The number of anilines is 2. The van der Waals surface area contributed by atoms with Crippen LogP contribution in [0.15, 0.2) is 30.6 Å². The van der Waals surface area contributed by atoms with Crippen LogP contribution in [0.5, 0.6) is 0 Å². The second-order valence-corrected chi connectivity index (χ2v) is 3.78. The van der Waals surface area contributed by atoms with Gasteiger partial charge in [-0.15, -0.1) is 0 Å². The average molecular weight is 267 g/mol. The van der Waals surface area contributed by atoms with Gasteiger partial charge in [-0.3, -0.25) is 9.78 Å². The van der Waals surface area contributed by atoms with Crippen LogP contribution in [0.4, 0.5) is 15.9 Å². The Hall–Kier alpha value is -2.21. The van der Waals surface area contributed by atoms with E-state index in [0.29, 0.717) is 0 Å². The Kier molecular flexibility index (Phi) is 3.38. The molecule has 0 saturated carbocycles. The number of pyridine rings is 2. The second-order valence-electron chi connectivity index (χ2n) is 3.38. The number of carbonyl (C=O) groups excluding carboxylic acids is 1. The van der Waals surface area contributed by atoms with Crippen molar-refractivity contribution >= 4 is 29.0 Å². The minimum atomic E-state index is -0.647. The molecule has 0 fully saturated rings. The lowest BCUT2D eigenvalue weighted by Gasteiger charge is -2.07. The number of hydrogen-bond acceptors (Lipinski definition) is 4. The molecule has 3 N–H and O–H groups in total. The van der Waals surface area contributed by atoms with Crippen molar-refractivity contribution in [1.29, 1.82) is 0 Å². The summed E-state index contributed by atoms with van der Waals surface area (Å²) in [6.07, 6.45) is 2.34. The Balaban J connectivity index is 2.28. The van der Waals surface area contributed by atoms with E-state index >= 15 is 0 Å². The van der Waals surface area contributed by atoms with Crippen LogP contribution in [0.3, 0.4) is 0 Å². The zero-order valence-electron chi connectivity index (χ0n) is 9.02. The smallest absolute Gasteiger partial charge is 0.275 e. The van der Waals surface area contributed by atoms with E-state index in [9.17, 15) is 9.18 Å². The summed E-state index contributed by atoms with van der Waals surface area (Å²) in [4.78, 5) is 19.2. The standard InChI is InChI=1S/C11H8ClFN4O/c12-6-1-2-9(14)17-10(6)11(18)16-8-3-4-15-5-7(8)13/h1-5H,(H2,14,17)(H,15,16,18). The molecule has 0 aliphatic carbocycles. The van der Waals surface area contributed by atoms with Gasteiger partial charge in [0.1, 0.15) is 11.5 Å². The van der Waals surface area contributed by atoms with Gasteiger partial charge in [-0.2, -0.15) is 0 Å². The minimum absolute atomic E-state index is 0.00436. The first kappa shape index (κ1) is 12.3. The van der Waals surface area contributed by atoms with Gasteiger partial charge in [0.2, 0.25) is 0 Å². The van der Waals surface area contributed by atoms with Crippen LogP contribution in [-0.4, -0.2) is 15.9 Å². The summed E-state index contributed by atoms with van der Waals surface area (Å²) in [5.41, 5.74) is 5.39. The van der Waals surface area contributed by atoms with E-state index in [1.165, 1.54) is 24.4 Å². The Morgan fingerprint density at radius 1 is 1.39 bits per heavy atom. The van der Waals surface area contributed by atoms with Crippen LogP contribution in [0.2, 0.25) is 5.02 Å². The van der Waals surface area contributed by atoms with Gasteiger partial charge < -0.3 is 11.1 Å². The van der Waals surface area contributed by atoms with Crippen molar-refractivity contribution in [3.63, 3.8) is 0 Å². The number of carbonyl (C=O) groups is 1. The highest BCUT2D eigenvalue weighted by atomic mass is 35.5. The molecule has 0 atom stereocenters. The predicted molar refractivity (Wildman–Crippen MR) is 65.8 cm³/mol. The fourth-order valence-electron chi connectivity index (χ4n) is 1.27. The third kappa shape index (κ3) is 2.54. The lowest BCUT2D eigenvalue weighted by Crippen LogP contribution is -2.16. The number of nitrogens with two attached hydrogens (primary N) is 1. The largest absolute Gasteiger partial charge is 0.384 e. The Bertz CT molecular complexity index is 605. The quantitative estimate of drug-likeness (QED) is 0.872. The molecule has 0 unspecified atom stereocenters. The number of nitrogens with zero attached hydrogens (tertiary/aromatic N) is 2. The van der Waals surface area contributed by atoms with Crippen LogP contribution in [0.1, 0.15) is 10.5 Å². The maximum atomic E-state index is 13.3. The van der Waals surface area contributed by atoms with Crippen molar-refractivity contribution in [2.45, 2.75) is 0 Å². The fourth-order valence-corrected chi connectivity index (χ4v) is 1.47. The summed E-state index contributed by atoms with van der Waals surface area (Å²) in [5.74, 6) is -1.14. The maximum Gasteiger partial charge on any atom is 0.275 e. The third-order valence-corrected chi connectivity index (χ3v) is 2.41. The van der Waals surface area contributed by atoms with E-state index in [1.807, 2.05) is 0 Å². The predicted octanol–water partition coefficient (Wildman–Crippen LogP) is 2.10. The molecule has 18 heavy (non-hydrogen) atoms. The highest BCUT2D eigenvalue weighted by molar-refractivity contribution is 6.34. The van der Waals surface area contributed by atoms with E-state index in [0.717, 1.165) is 6.20 Å². The lowest BCUT2D eigenvalue weighted by atomic mass is 10.3. The lowest BCUT2D eigenvalue weighted by molar-refractivity contribution is 0.102. The van der Waals surface area contributed by atoms with Crippen LogP contribution < -0.4 is 11.1 Å². The highest BCUT2D eigenvalue weighted by Gasteiger charge is 2.14. The molecular weight excluding hydrogens is 259 g/mol. The number of aromatic nitrogens is 2. The number of amides is 1. The normalized spacial score (nSPS) is 10.1. The Morgan fingerprint density at radius 3 is 2.89 bits per heavy atom. The van der Waals surface area contributed by atoms with Crippen LogP contribution >= 0.6 is 11.6 Å². The number of hydrogen-bond donors (Lipinski definition) is 2. The monoisotopic (exact) mass is 266 g/mol. The fraction of sp³-hybridized carbons (Fsp3) is 0. The summed E-state index contributed by atoms with van der Waals surface area (Å²) in [6.45, 7) is 0. The molecule has 2 heterocycles. The van der Waals surface area contributed by atoms with Gasteiger partial charge in [-0.05, 0) is 18.2 Å². The van der Waals surface area contributed by atoms with E-state index in [1.54, 1.807) is 0 Å². The van der Waals surface area contributed by atoms with Gasteiger partial charge in [0.15, 0.2) is 5.82 Å². The minimum Gasteiger partial charge on any atom is -0.384 e. The van der Waals surface area contributed by atoms with Crippen molar-refractivity contribution < 1.29 is 9.18 Å². The van der Waals surface area contributed by atoms with Gasteiger partial charge in [-0.1, -0.05) is 11.6 Å². The summed E-state index contributed by atoms with van der Waals surface area (Å²) in [5, 5.41) is 2.47. The van der Waals surface area contributed by atoms with Crippen molar-refractivity contribution in [1.82, 2.24) is 9.97 Å². The molecular formula is C11H8ClFN4O. The zero-order chi connectivity index (χ0) is 13.1. The zero-order valence-corrected chi connectivity index (χ0v) is 9.78. The van der Waals surface area contributed by atoms with Crippen molar-refractivity contribution in [3.8, 4) is 0 Å². The van der Waals surface area contributed by atoms with Crippen molar-refractivity contribution in [2.24, 2.45) is 0 Å². The number of nitrogen functional groups attached to an aromatic ring is 1.